The summed E-state index contributed by atoms with van der Waals surface area (Å²) in [5.74, 6) is 2.04. The first-order valence-corrected chi connectivity index (χ1v) is 14.0. The Morgan fingerprint density at radius 1 is 1.06 bits per heavy atom. The number of halogens is 2. The molecule has 1 amide bonds. The van der Waals surface area contributed by atoms with Crippen LogP contribution in [0.15, 0.2) is 36.4 Å². The van der Waals surface area contributed by atoms with Crippen LogP contribution in [-0.4, -0.2) is 35.8 Å². The van der Waals surface area contributed by atoms with Gasteiger partial charge in [0.25, 0.3) is 5.91 Å². The number of benzene rings is 2. The molecule has 1 N–H and O–H groups in total. The maximum Gasteiger partial charge on any atom is 0.261 e. The highest BCUT2D eigenvalue weighted by molar-refractivity contribution is 7.98. The summed E-state index contributed by atoms with van der Waals surface area (Å²) in [5.41, 5.74) is 3.11. The molecule has 0 spiro atoms. The lowest BCUT2D eigenvalue weighted by atomic mass is 9.95. The van der Waals surface area contributed by atoms with Crippen molar-refractivity contribution in [3.63, 3.8) is 0 Å². The van der Waals surface area contributed by atoms with Crippen LogP contribution in [0.5, 0.6) is 5.75 Å². The lowest BCUT2D eigenvalue weighted by molar-refractivity contribution is 0.0984. The molecular formula is C27H32Cl2N2O2S. The van der Waals surface area contributed by atoms with E-state index >= 15 is 0 Å². The van der Waals surface area contributed by atoms with Gasteiger partial charge in [-0.05, 0) is 130 Å². The number of amides is 1. The number of hydrogen-bond acceptors (Lipinski definition) is 4. The van der Waals surface area contributed by atoms with Gasteiger partial charge in [0.1, 0.15) is 5.75 Å². The summed E-state index contributed by atoms with van der Waals surface area (Å²) < 4.78 is 9.34. The van der Waals surface area contributed by atoms with E-state index in [1.54, 1.807) is 18.0 Å². The van der Waals surface area contributed by atoms with E-state index in [2.05, 4.69) is 22.6 Å². The summed E-state index contributed by atoms with van der Waals surface area (Å²) in [6.45, 7) is 5.02. The number of carbonyl (C=O) groups excluding carboxylic acids is 1. The molecule has 5 rings (SSSR count). The second-order valence-corrected chi connectivity index (χ2v) is 11.9. The predicted molar refractivity (Wildman–Crippen MR) is 141 cm³/mol. The second kappa shape index (κ2) is 10.7. The van der Waals surface area contributed by atoms with Crippen LogP contribution >= 0.6 is 35.1 Å². The Labute approximate surface area is 216 Å². The highest BCUT2D eigenvalue weighted by Gasteiger charge is 2.30. The van der Waals surface area contributed by atoms with Crippen molar-refractivity contribution in [1.82, 2.24) is 9.62 Å². The summed E-state index contributed by atoms with van der Waals surface area (Å²) in [5, 5.41) is 1.98. The van der Waals surface area contributed by atoms with Crippen molar-refractivity contribution < 1.29 is 9.53 Å². The minimum absolute atomic E-state index is 0.00725. The van der Waals surface area contributed by atoms with E-state index in [0.29, 0.717) is 27.1 Å². The van der Waals surface area contributed by atoms with E-state index in [-0.39, 0.29) is 11.9 Å². The van der Waals surface area contributed by atoms with E-state index in [0.717, 1.165) is 43.9 Å². The van der Waals surface area contributed by atoms with Gasteiger partial charge in [0.05, 0.1) is 6.61 Å². The normalized spacial score (nSPS) is 20.2. The fourth-order valence-corrected chi connectivity index (χ4v) is 5.96. The van der Waals surface area contributed by atoms with Crippen molar-refractivity contribution in [3.05, 3.63) is 63.1 Å². The van der Waals surface area contributed by atoms with Crippen LogP contribution in [0.4, 0.5) is 0 Å². The summed E-state index contributed by atoms with van der Waals surface area (Å²) in [7, 11) is 0. The van der Waals surface area contributed by atoms with Gasteiger partial charge in [-0.25, -0.2) is 0 Å². The number of hydrogen-bond donors (Lipinski definition) is 1. The van der Waals surface area contributed by atoms with Crippen LogP contribution in [0.2, 0.25) is 10.0 Å². The molecule has 0 unspecified atom stereocenters. The van der Waals surface area contributed by atoms with Crippen molar-refractivity contribution in [2.75, 3.05) is 19.7 Å². The minimum Gasteiger partial charge on any atom is -0.493 e. The molecule has 4 nitrogen and oxygen atoms in total. The van der Waals surface area contributed by atoms with E-state index < -0.39 is 0 Å². The van der Waals surface area contributed by atoms with Gasteiger partial charge in [-0.3, -0.25) is 14.4 Å². The number of nitrogens with one attached hydrogen (secondary N) is 1. The van der Waals surface area contributed by atoms with Gasteiger partial charge in [-0.2, -0.15) is 0 Å². The first-order chi connectivity index (χ1) is 16.5. The molecule has 3 aliphatic rings. The summed E-state index contributed by atoms with van der Waals surface area (Å²) in [6, 6.07) is 12.1. The van der Waals surface area contributed by atoms with Crippen LogP contribution in [-0.2, 0) is 0 Å². The lowest BCUT2D eigenvalue weighted by Crippen LogP contribution is -2.37. The number of nitrogens with zero attached hydrogens (tertiary/aromatic N) is 1. The molecule has 0 radical (unpaired) electrons. The van der Waals surface area contributed by atoms with Gasteiger partial charge < -0.3 is 4.74 Å². The van der Waals surface area contributed by atoms with Crippen LogP contribution in [0, 0.1) is 5.92 Å². The van der Waals surface area contributed by atoms with Crippen molar-refractivity contribution in [2.45, 2.75) is 62.7 Å². The Morgan fingerprint density at radius 3 is 2.41 bits per heavy atom. The lowest BCUT2D eigenvalue weighted by Gasteiger charge is -2.36. The number of piperidine rings is 1. The zero-order chi connectivity index (χ0) is 23.7. The second-order valence-electron chi connectivity index (χ2n) is 9.94. The molecule has 1 atom stereocenters. The number of likely N-dealkylation sites (tertiary alicyclic amines) is 1. The van der Waals surface area contributed by atoms with E-state index in [1.807, 2.05) is 24.3 Å². The zero-order valence-electron chi connectivity index (χ0n) is 19.6. The van der Waals surface area contributed by atoms with Crippen LogP contribution in [0.25, 0.3) is 0 Å². The molecule has 1 heterocycles. The summed E-state index contributed by atoms with van der Waals surface area (Å²) in [6.07, 6.45) is 6.99. The SMILES string of the molecule is C[C@@H](c1cc(Cl)cc(Cl)c1)N1CCC(COc2ccc(C(=O)NSC3CC3)cc2C2CC2)CC1. The van der Waals surface area contributed by atoms with Gasteiger partial charge in [-0.1, -0.05) is 23.2 Å². The van der Waals surface area contributed by atoms with Gasteiger partial charge in [0.2, 0.25) is 0 Å². The van der Waals surface area contributed by atoms with Crippen LogP contribution in [0.3, 0.4) is 0 Å². The molecule has 2 saturated carbocycles. The van der Waals surface area contributed by atoms with Crippen molar-refractivity contribution in [1.29, 1.82) is 0 Å². The number of carbonyl (C=O) groups is 1. The monoisotopic (exact) mass is 518 g/mol. The minimum atomic E-state index is 0.00725. The first kappa shape index (κ1) is 24.3. The van der Waals surface area contributed by atoms with E-state index in [9.17, 15) is 4.79 Å². The van der Waals surface area contributed by atoms with Crippen LogP contribution < -0.4 is 9.46 Å². The van der Waals surface area contributed by atoms with Crippen LogP contribution in [0.1, 0.15) is 78.9 Å². The van der Waals surface area contributed by atoms with Crippen molar-refractivity contribution in [3.8, 4) is 5.75 Å². The van der Waals surface area contributed by atoms with E-state index in [4.69, 9.17) is 27.9 Å². The quantitative estimate of drug-likeness (QED) is 0.354. The molecule has 3 fully saturated rings. The van der Waals surface area contributed by atoms with E-state index in [1.165, 1.54) is 36.8 Å². The topological polar surface area (TPSA) is 41.6 Å². The Morgan fingerprint density at radius 2 is 1.76 bits per heavy atom. The predicted octanol–water partition coefficient (Wildman–Crippen LogP) is 7.26. The highest BCUT2D eigenvalue weighted by atomic mass is 35.5. The average Bonchev–Trinajstić information content (AvgIpc) is 3.75. The van der Waals surface area contributed by atoms with Crippen molar-refractivity contribution in [2.24, 2.45) is 5.92 Å². The maximum atomic E-state index is 12.5. The third-order valence-electron chi connectivity index (χ3n) is 7.17. The third-order valence-corrected chi connectivity index (χ3v) is 8.71. The van der Waals surface area contributed by atoms with Gasteiger partial charge in [-0.15, -0.1) is 0 Å². The zero-order valence-corrected chi connectivity index (χ0v) is 21.9. The molecule has 0 aromatic heterocycles. The Bertz CT molecular complexity index is 1010. The van der Waals surface area contributed by atoms with Gasteiger partial charge in [0, 0.05) is 26.9 Å². The summed E-state index contributed by atoms with van der Waals surface area (Å²) >= 11 is 14.0. The largest absolute Gasteiger partial charge is 0.493 e. The van der Waals surface area contributed by atoms with Gasteiger partial charge in [0.15, 0.2) is 0 Å². The molecule has 1 aliphatic heterocycles. The third kappa shape index (κ3) is 6.23. The Balaban J connectivity index is 1.14. The van der Waals surface area contributed by atoms with Gasteiger partial charge >= 0.3 is 0 Å². The molecule has 182 valence electrons. The average molecular weight is 520 g/mol. The number of ether oxygens (including phenoxy) is 1. The number of rotatable bonds is 9. The molecule has 2 aromatic carbocycles. The molecule has 2 aliphatic carbocycles. The molecule has 0 bridgehead atoms. The highest BCUT2D eigenvalue weighted by Crippen LogP contribution is 2.45. The fourth-order valence-electron chi connectivity index (χ4n) is 4.66. The first-order valence-electron chi connectivity index (χ1n) is 12.4. The molecule has 2 aromatic rings. The van der Waals surface area contributed by atoms with Crippen molar-refractivity contribution >= 4 is 41.1 Å². The standard InChI is InChI=1S/C27H32Cl2N2O2S/c1-17(21-12-22(28)15-23(29)13-21)31-10-8-18(9-11-31)16-33-26-7-4-20(14-25(26)19-2-3-19)27(32)30-34-24-5-6-24/h4,7,12-15,17-19,24H,2-3,5-6,8-11,16H2,1H3,(H,30,32)/t17-/m0/s1. The fraction of sp³-hybridized carbons (Fsp3) is 0.519. The maximum absolute atomic E-state index is 12.5. The molecule has 34 heavy (non-hydrogen) atoms. The molecular weight excluding hydrogens is 487 g/mol. The Hall–Kier alpha value is -1.40. The molecule has 1 saturated heterocycles. The summed E-state index contributed by atoms with van der Waals surface area (Å²) in [4.78, 5) is 15.0. The smallest absolute Gasteiger partial charge is 0.261 e. The molecule has 7 heteroatoms. The Kier molecular flexibility index (Phi) is 7.64.